The van der Waals surface area contributed by atoms with Gasteiger partial charge >= 0.3 is 6.03 Å². The molecule has 1 N–H and O–H groups in total. The molecule has 114 valence electrons. The van der Waals surface area contributed by atoms with Crippen LogP contribution in [0.3, 0.4) is 0 Å². The van der Waals surface area contributed by atoms with Crippen molar-refractivity contribution in [2.75, 3.05) is 24.5 Å². The second kappa shape index (κ2) is 6.06. The lowest BCUT2D eigenvalue weighted by atomic mass is 9.98. The SMILES string of the molecule is N#CC1CCN(C(=O)C2CN(c3ccccc3)C(=O)N2)CC1. The number of nitrogens with zero attached hydrogens (tertiary/aromatic N) is 3. The molecule has 6 heteroatoms. The van der Waals surface area contributed by atoms with Crippen LogP contribution in [0.5, 0.6) is 0 Å². The molecule has 0 saturated carbocycles. The van der Waals surface area contributed by atoms with Gasteiger partial charge in [0.2, 0.25) is 5.91 Å². The summed E-state index contributed by atoms with van der Waals surface area (Å²) in [7, 11) is 0. The number of anilines is 1. The average molecular weight is 298 g/mol. The summed E-state index contributed by atoms with van der Waals surface area (Å²) >= 11 is 0. The topological polar surface area (TPSA) is 76.4 Å². The van der Waals surface area contributed by atoms with E-state index in [-0.39, 0.29) is 17.9 Å². The third kappa shape index (κ3) is 2.75. The van der Waals surface area contributed by atoms with Crippen molar-refractivity contribution in [3.05, 3.63) is 30.3 Å². The van der Waals surface area contributed by atoms with Gasteiger partial charge in [-0.15, -0.1) is 0 Å². The van der Waals surface area contributed by atoms with Gasteiger partial charge in [-0.25, -0.2) is 4.79 Å². The Morgan fingerprint density at radius 2 is 1.91 bits per heavy atom. The third-order valence-corrected chi connectivity index (χ3v) is 4.26. The van der Waals surface area contributed by atoms with Crippen molar-refractivity contribution >= 4 is 17.6 Å². The van der Waals surface area contributed by atoms with E-state index >= 15 is 0 Å². The molecule has 1 aromatic rings. The number of nitriles is 1. The first-order chi connectivity index (χ1) is 10.7. The van der Waals surface area contributed by atoms with Gasteiger partial charge in [-0.3, -0.25) is 9.69 Å². The quantitative estimate of drug-likeness (QED) is 0.895. The first-order valence-electron chi connectivity index (χ1n) is 7.50. The van der Waals surface area contributed by atoms with Crippen LogP contribution in [0.25, 0.3) is 0 Å². The Bertz CT molecular complexity index is 602. The van der Waals surface area contributed by atoms with Crippen molar-refractivity contribution < 1.29 is 9.59 Å². The van der Waals surface area contributed by atoms with Crippen LogP contribution in [-0.4, -0.2) is 42.5 Å². The summed E-state index contributed by atoms with van der Waals surface area (Å²) in [6.07, 6.45) is 1.43. The lowest BCUT2D eigenvalue weighted by Crippen LogP contribution is -2.48. The number of benzene rings is 1. The molecule has 2 fully saturated rings. The van der Waals surface area contributed by atoms with Gasteiger partial charge in [-0.2, -0.15) is 5.26 Å². The van der Waals surface area contributed by atoms with Crippen molar-refractivity contribution in [3.8, 4) is 6.07 Å². The number of hydrogen-bond acceptors (Lipinski definition) is 3. The van der Waals surface area contributed by atoms with E-state index in [1.807, 2.05) is 30.3 Å². The van der Waals surface area contributed by atoms with E-state index in [1.165, 1.54) is 0 Å². The molecule has 1 unspecified atom stereocenters. The molecule has 0 aromatic heterocycles. The number of carbonyl (C=O) groups excluding carboxylic acids is 2. The maximum atomic E-state index is 12.5. The molecule has 3 rings (SSSR count). The zero-order valence-corrected chi connectivity index (χ0v) is 12.2. The summed E-state index contributed by atoms with van der Waals surface area (Å²) in [5, 5.41) is 11.7. The van der Waals surface area contributed by atoms with E-state index in [0.717, 1.165) is 5.69 Å². The predicted molar refractivity (Wildman–Crippen MR) is 81.0 cm³/mol. The van der Waals surface area contributed by atoms with E-state index in [0.29, 0.717) is 32.5 Å². The molecule has 2 heterocycles. The highest BCUT2D eigenvalue weighted by atomic mass is 16.2. The number of carbonyl (C=O) groups is 2. The summed E-state index contributed by atoms with van der Waals surface area (Å²) in [5.74, 6) is -0.00814. The molecule has 0 bridgehead atoms. The summed E-state index contributed by atoms with van der Waals surface area (Å²) in [4.78, 5) is 27.9. The fourth-order valence-electron chi connectivity index (χ4n) is 2.96. The molecule has 2 aliphatic heterocycles. The third-order valence-electron chi connectivity index (χ3n) is 4.26. The van der Waals surface area contributed by atoms with Crippen molar-refractivity contribution in [2.45, 2.75) is 18.9 Å². The number of piperidine rings is 1. The molecule has 3 amide bonds. The first kappa shape index (κ1) is 14.4. The second-order valence-corrected chi connectivity index (χ2v) is 5.68. The summed E-state index contributed by atoms with van der Waals surface area (Å²) in [5.41, 5.74) is 0.790. The Morgan fingerprint density at radius 3 is 2.55 bits per heavy atom. The second-order valence-electron chi connectivity index (χ2n) is 5.68. The van der Waals surface area contributed by atoms with Gasteiger partial charge in [0.05, 0.1) is 12.6 Å². The highest BCUT2D eigenvalue weighted by Crippen LogP contribution is 2.21. The molecule has 2 aliphatic rings. The van der Waals surface area contributed by atoms with Crippen LogP contribution in [0.4, 0.5) is 10.5 Å². The van der Waals surface area contributed by atoms with Crippen LogP contribution in [0.2, 0.25) is 0 Å². The van der Waals surface area contributed by atoms with Crippen LogP contribution in [0.1, 0.15) is 12.8 Å². The maximum absolute atomic E-state index is 12.5. The van der Waals surface area contributed by atoms with Gasteiger partial charge in [0.1, 0.15) is 6.04 Å². The number of hydrogen-bond donors (Lipinski definition) is 1. The van der Waals surface area contributed by atoms with E-state index in [2.05, 4.69) is 11.4 Å². The Morgan fingerprint density at radius 1 is 1.23 bits per heavy atom. The Labute approximate surface area is 129 Å². The number of amides is 3. The molecule has 0 radical (unpaired) electrons. The normalized spacial score (nSPS) is 22.3. The van der Waals surface area contributed by atoms with E-state index in [1.54, 1.807) is 9.80 Å². The standard InChI is InChI=1S/C16H18N4O2/c17-10-12-6-8-19(9-7-12)15(21)14-11-20(16(22)18-14)13-4-2-1-3-5-13/h1-5,12,14H,6-9,11H2,(H,18,22). The van der Waals surface area contributed by atoms with Gasteiger partial charge in [0.15, 0.2) is 0 Å². The van der Waals surface area contributed by atoms with Gasteiger partial charge in [-0.1, -0.05) is 18.2 Å². The zero-order valence-electron chi connectivity index (χ0n) is 12.2. The van der Waals surface area contributed by atoms with E-state index < -0.39 is 6.04 Å². The van der Waals surface area contributed by atoms with Gasteiger partial charge in [0, 0.05) is 24.7 Å². The van der Waals surface area contributed by atoms with Crippen molar-refractivity contribution in [2.24, 2.45) is 5.92 Å². The molecule has 6 nitrogen and oxygen atoms in total. The van der Waals surface area contributed by atoms with Crippen LogP contribution in [0, 0.1) is 17.2 Å². The largest absolute Gasteiger partial charge is 0.341 e. The minimum atomic E-state index is -0.508. The van der Waals surface area contributed by atoms with Crippen molar-refractivity contribution in [1.82, 2.24) is 10.2 Å². The predicted octanol–water partition coefficient (Wildman–Crippen LogP) is 1.35. The molecule has 22 heavy (non-hydrogen) atoms. The van der Waals surface area contributed by atoms with Gasteiger partial charge in [-0.05, 0) is 25.0 Å². The number of likely N-dealkylation sites (tertiary alicyclic amines) is 1. The Hall–Kier alpha value is -2.55. The van der Waals surface area contributed by atoms with Gasteiger partial charge in [0.25, 0.3) is 0 Å². The molecule has 0 aliphatic carbocycles. The number of nitrogens with one attached hydrogen (secondary N) is 1. The molecule has 0 spiro atoms. The highest BCUT2D eigenvalue weighted by molar-refractivity contribution is 6.00. The molecule has 1 atom stereocenters. The number of rotatable bonds is 2. The molecular weight excluding hydrogens is 280 g/mol. The maximum Gasteiger partial charge on any atom is 0.322 e. The van der Waals surface area contributed by atoms with E-state index in [9.17, 15) is 9.59 Å². The lowest BCUT2D eigenvalue weighted by Gasteiger charge is -2.30. The van der Waals surface area contributed by atoms with Crippen molar-refractivity contribution in [1.29, 1.82) is 5.26 Å². The fraction of sp³-hybridized carbons (Fsp3) is 0.438. The Balaban J connectivity index is 1.64. The Kier molecular flexibility index (Phi) is 3.96. The van der Waals surface area contributed by atoms with Gasteiger partial charge < -0.3 is 10.2 Å². The summed E-state index contributed by atoms with van der Waals surface area (Å²) in [6, 6.07) is 10.8. The summed E-state index contributed by atoms with van der Waals surface area (Å²) in [6.45, 7) is 1.53. The zero-order chi connectivity index (χ0) is 15.5. The monoisotopic (exact) mass is 298 g/mol. The smallest absolute Gasteiger partial charge is 0.322 e. The highest BCUT2D eigenvalue weighted by Gasteiger charge is 2.37. The minimum Gasteiger partial charge on any atom is -0.341 e. The van der Waals surface area contributed by atoms with E-state index in [4.69, 9.17) is 5.26 Å². The number of urea groups is 1. The molecule has 1 aromatic carbocycles. The molecular formula is C16H18N4O2. The number of para-hydroxylation sites is 1. The lowest BCUT2D eigenvalue weighted by molar-refractivity contribution is -0.133. The van der Waals surface area contributed by atoms with Crippen LogP contribution < -0.4 is 10.2 Å². The minimum absolute atomic E-state index is 0.0445. The fourth-order valence-corrected chi connectivity index (χ4v) is 2.96. The van der Waals surface area contributed by atoms with Crippen LogP contribution in [-0.2, 0) is 4.79 Å². The summed E-state index contributed by atoms with van der Waals surface area (Å²) < 4.78 is 0. The van der Waals surface area contributed by atoms with Crippen molar-refractivity contribution in [3.63, 3.8) is 0 Å². The van der Waals surface area contributed by atoms with Crippen LogP contribution >= 0.6 is 0 Å². The molecule has 2 saturated heterocycles. The average Bonchev–Trinajstić information content (AvgIpc) is 2.97. The first-order valence-corrected chi connectivity index (χ1v) is 7.50. The van der Waals surface area contributed by atoms with Crippen LogP contribution in [0.15, 0.2) is 30.3 Å².